The summed E-state index contributed by atoms with van der Waals surface area (Å²) in [5, 5.41) is 13.7. The van der Waals surface area contributed by atoms with Crippen molar-refractivity contribution in [3.05, 3.63) is 5.82 Å². The normalized spacial score (nSPS) is 30.7. The van der Waals surface area contributed by atoms with E-state index in [9.17, 15) is 5.11 Å². The van der Waals surface area contributed by atoms with Gasteiger partial charge >= 0.3 is 0 Å². The van der Waals surface area contributed by atoms with Gasteiger partial charge < -0.3 is 10.4 Å². The maximum Gasteiger partial charge on any atom is 0.202 e. The van der Waals surface area contributed by atoms with Crippen molar-refractivity contribution in [2.24, 2.45) is 5.41 Å². The van der Waals surface area contributed by atoms with Gasteiger partial charge in [-0.25, -0.2) is 4.98 Å². The second-order valence-corrected chi connectivity index (χ2v) is 5.30. The Bertz CT molecular complexity index is 341. The van der Waals surface area contributed by atoms with Crippen LogP contribution in [-0.4, -0.2) is 27.1 Å². The Kier molecular flexibility index (Phi) is 2.93. The van der Waals surface area contributed by atoms with Crippen molar-refractivity contribution in [3.63, 3.8) is 0 Å². The Labute approximate surface area is 93.9 Å². The first kappa shape index (κ1) is 10.8. The first-order chi connectivity index (χ1) is 7.14. The van der Waals surface area contributed by atoms with Gasteiger partial charge in [0.25, 0.3) is 0 Å². The lowest BCUT2D eigenvalue weighted by Gasteiger charge is -2.29. The van der Waals surface area contributed by atoms with Crippen LogP contribution in [-0.2, 0) is 0 Å². The highest BCUT2D eigenvalue weighted by molar-refractivity contribution is 7.09. The van der Waals surface area contributed by atoms with E-state index in [4.69, 9.17) is 0 Å². The average molecular weight is 227 g/mol. The van der Waals surface area contributed by atoms with E-state index in [-0.39, 0.29) is 12.0 Å². The first-order valence-corrected chi connectivity index (χ1v) is 6.09. The monoisotopic (exact) mass is 227 g/mol. The maximum absolute atomic E-state index is 9.41. The van der Waals surface area contributed by atoms with E-state index in [1.807, 2.05) is 6.92 Å². The molecular formula is C10H17N3OS. The van der Waals surface area contributed by atoms with Crippen molar-refractivity contribution in [3.8, 4) is 0 Å². The fraction of sp³-hybridized carbons (Fsp3) is 0.800. The van der Waals surface area contributed by atoms with Crippen LogP contribution in [0.15, 0.2) is 0 Å². The predicted octanol–water partition coefficient (Wildman–Crippen LogP) is 1.81. The smallest absolute Gasteiger partial charge is 0.202 e. The summed E-state index contributed by atoms with van der Waals surface area (Å²) in [5.74, 6) is 0.811. The fourth-order valence-corrected chi connectivity index (χ4v) is 2.80. The third-order valence-electron chi connectivity index (χ3n) is 3.27. The molecule has 0 bridgehead atoms. The van der Waals surface area contributed by atoms with Crippen LogP contribution in [0.25, 0.3) is 0 Å². The molecule has 0 aromatic carbocycles. The molecule has 0 radical (unpaired) electrons. The number of rotatable bonds is 3. The van der Waals surface area contributed by atoms with Crippen molar-refractivity contribution in [1.29, 1.82) is 0 Å². The number of aliphatic hydroxyl groups is 1. The lowest BCUT2D eigenvalue weighted by atomic mass is 9.86. The van der Waals surface area contributed by atoms with Gasteiger partial charge in [0.1, 0.15) is 5.82 Å². The molecule has 15 heavy (non-hydrogen) atoms. The first-order valence-electron chi connectivity index (χ1n) is 5.32. The van der Waals surface area contributed by atoms with Crippen LogP contribution in [0, 0.1) is 12.3 Å². The molecular weight excluding hydrogens is 210 g/mol. The standard InChI is InChI=1S/C10H17N3OS/c1-7-11-9(15-13-7)12-8-4-3-5-10(8,2)6-14/h8,14H,3-6H2,1-2H3,(H,11,12,13)/t8-,10-/m0/s1. The second-order valence-electron chi connectivity index (χ2n) is 4.55. The molecule has 1 fully saturated rings. The van der Waals surface area contributed by atoms with E-state index in [0.717, 1.165) is 23.8 Å². The molecule has 0 saturated heterocycles. The number of hydrogen-bond donors (Lipinski definition) is 2. The molecule has 1 aromatic rings. The third kappa shape index (κ3) is 2.13. The number of nitrogens with one attached hydrogen (secondary N) is 1. The van der Waals surface area contributed by atoms with Crippen molar-refractivity contribution < 1.29 is 5.11 Å². The molecule has 2 atom stereocenters. The number of aromatic nitrogens is 2. The van der Waals surface area contributed by atoms with Crippen molar-refractivity contribution in [2.75, 3.05) is 11.9 Å². The van der Waals surface area contributed by atoms with Crippen LogP contribution in [0.3, 0.4) is 0 Å². The number of aryl methyl sites for hydroxylation is 1. The molecule has 2 rings (SSSR count). The van der Waals surface area contributed by atoms with Crippen molar-refractivity contribution in [2.45, 2.75) is 39.2 Å². The average Bonchev–Trinajstić information content (AvgIpc) is 2.76. The second kappa shape index (κ2) is 4.06. The Balaban J connectivity index is 2.05. The summed E-state index contributed by atoms with van der Waals surface area (Å²) in [4.78, 5) is 4.29. The summed E-state index contributed by atoms with van der Waals surface area (Å²) in [5.41, 5.74) is -0.000422. The molecule has 0 amide bonds. The summed E-state index contributed by atoms with van der Waals surface area (Å²) in [6, 6.07) is 0.329. The molecule has 4 nitrogen and oxygen atoms in total. The number of nitrogens with zero attached hydrogens (tertiary/aromatic N) is 2. The Morgan fingerprint density at radius 3 is 3.07 bits per heavy atom. The summed E-state index contributed by atoms with van der Waals surface area (Å²) in [6.07, 6.45) is 3.36. The quantitative estimate of drug-likeness (QED) is 0.827. The SMILES string of the molecule is Cc1nsc(N[C@H]2CCC[C@@]2(C)CO)n1. The summed E-state index contributed by atoms with van der Waals surface area (Å²) in [7, 11) is 0. The minimum absolute atomic E-state index is 0.000422. The molecule has 2 N–H and O–H groups in total. The van der Waals surface area contributed by atoms with Gasteiger partial charge in [-0.15, -0.1) is 0 Å². The van der Waals surface area contributed by atoms with Gasteiger partial charge in [0.15, 0.2) is 0 Å². The van der Waals surface area contributed by atoms with Gasteiger partial charge in [0.05, 0.1) is 6.61 Å². The topological polar surface area (TPSA) is 58.0 Å². The fourth-order valence-electron chi connectivity index (χ4n) is 2.17. The highest BCUT2D eigenvalue weighted by Gasteiger charge is 2.38. The zero-order chi connectivity index (χ0) is 10.9. The summed E-state index contributed by atoms with van der Waals surface area (Å²) in [6.45, 7) is 4.26. The third-order valence-corrected chi connectivity index (χ3v) is 4.01. The minimum Gasteiger partial charge on any atom is -0.396 e. The molecule has 84 valence electrons. The summed E-state index contributed by atoms with van der Waals surface area (Å²) < 4.78 is 4.14. The van der Waals surface area contributed by atoms with Crippen LogP contribution in [0.2, 0.25) is 0 Å². The zero-order valence-corrected chi connectivity index (χ0v) is 9.97. The van der Waals surface area contributed by atoms with Crippen molar-refractivity contribution in [1.82, 2.24) is 9.36 Å². The van der Waals surface area contributed by atoms with Gasteiger partial charge in [-0.05, 0) is 19.8 Å². The molecule has 5 heteroatoms. The molecule has 1 saturated carbocycles. The maximum atomic E-state index is 9.41. The molecule has 0 unspecified atom stereocenters. The van der Waals surface area contributed by atoms with E-state index < -0.39 is 0 Å². The van der Waals surface area contributed by atoms with E-state index in [1.54, 1.807) is 0 Å². The van der Waals surface area contributed by atoms with Gasteiger partial charge in [-0.2, -0.15) is 4.37 Å². The van der Waals surface area contributed by atoms with Crippen LogP contribution in [0.1, 0.15) is 32.0 Å². The van der Waals surface area contributed by atoms with Gasteiger partial charge in [0.2, 0.25) is 5.13 Å². The summed E-state index contributed by atoms with van der Waals surface area (Å²) >= 11 is 1.39. The Morgan fingerprint density at radius 2 is 2.47 bits per heavy atom. The molecule has 1 aliphatic carbocycles. The molecule has 1 aromatic heterocycles. The van der Waals surface area contributed by atoms with E-state index in [2.05, 4.69) is 21.6 Å². The lowest BCUT2D eigenvalue weighted by Crippen LogP contribution is -2.36. The Morgan fingerprint density at radius 1 is 1.67 bits per heavy atom. The Hall–Kier alpha value is -0.680. The highest BCUT2D eigenvalue weighted by atomic mass is 32.1. The van der Waals surface area contributed by atoms with Crippen LogP contribution in [0.5, 0.6) is 0 Å². The predicted molar refractivity (Wildman–Crippen MR) is 61.1 cm³/mol. The number of aliphatic hydroxyl groups excluding tert-OH is 1. The molecule has 0 spiro atoms. The molecule has 1 aliphatic rings. The van der Waals surface area contributed by atoms with Crippen LogP contribution < -0.4 is 5.32 Å². The van der Waals surface area contributed by atoms with Gasteiger partial charge in [-0.1, -0.05) is 13.3 Å². The molecule has 0 aliphatic heterocycles. The molecule has 1 heterocycles. The number of anilines is 1. The van der Waals surface area contributed by atoms with Crippen LogP contribution >= 0.6 is 11.5 Å². The minimum atomic E-state index is -0.000422. The van der Waals surface area contributed by atoms with Crippen molar-refractivity contribution >= 4 is 16.7 Å². The largest absolute Gasteiger partial charge is 0.396 e. The highest BCUT2D eigenvalue weighted by Crippen LogP contribution is 2.39. The van der Waals surface area contributed by atoms with Crippen LogP contribution in [0.4, 0.5) is 5.13 Å². The van der Waals surface area contributed by atoms with E-state index in [1.165, 1.54) is 18.0 Å². The lowest BCUT2D eigenvalue weighted by molar-refractivity contribution is 0.139. The van der Waals surface area contributed by atoms with Gasteiger partial charge in [-0.3, -0.25) is 0 Å². The van der Waals surface area contributed by atoms with E-state index in [0.29, 0.717) is 6.04 Å². The van der Waals surface area contributed by atoms with E-state index >= 15 is 0 Å². The number of hydrogen-bond acceptors (Lipinski definition) is 5. The zero-order valence-electron chi connectivity index (χ0n) is 9.16. The van der Waals surface area contributed by atoms with Gasteiger partial charge in [0, 0.05) is 23.0 Å².